The second-order valence-corrected chi connectivity index (χ2v) is 3.86. The fourth-order valence-electron chi connectivity index (χ4n) is 1.40. The fraction of sp³-hybridized carbons (Fsp3) is 0.231. The molecule has 0 aliphatic carbocycles. The smallest absolute Gasteiger partial charge is 0.308 e. The minimum Gasteiger partial charge on any atom is -0.493 e. The van der Waals surface area contributed by atoms with Crippen molar-refractivity contribution in [3.05, 3.63) is 23.8 Å². The van der Waals surface area contributed by atoms with E-state index in [9.17, 15) is 9.59 Å². The van der Waals surface area contributed by atoms with Gasteiger partial charge in [-0.3, -0.25) is 9.59 Å². The molecule has 6 heteroatoms. The zero-order valence-corrected chi connectivity index (χ0v) is 11.5. The molecule has 19 heavy (non-hydrogen) atoms. The molecule has 1 rings (SSSR count). The molecular weight excluding hydrogens is 272 g/mol. The van der Waals surface area contributed by atoms with Gasteiger partial charge < -0.3 is 14.2 Å². The highest BCUT2D eigenvalue weighted by Gasteiger charge is 2.15. The van der Waals surface area contributed by atoms with Gasteiger partial charge in [0, 0.05) is 6.92 Å². The molecule has 0 heterocycles. The summed E-state index contributed by atoms with van der Waals surface area (Å²) in [6, 6.07) is 3.19. The third-order valence-corrected chi connectivity index (χ3v) is 2.26. The van der Waals surface area contributed by atoms with Gasteiger partial charge in [-0.25, -0.2) is 0 Å². The van der Waals surface area contributed by atoms with E-state index >= 15 is 0 Å². The van der Waals surface area contributed by atoms with E-state index in [-0.39, 0.29) is 5.75 Å². The van der Waals surface area contributed by atoms with Crippen LogP contribution in [0.3, 0.4) is 0 Å². The molecule has 0 atom stereocenters. The molecule has 0 saturated carbocycles. The molecule has 0 saturated heterocycles. The molecule has 1 aromatic rings. The largest absolute Gasteiger partial charge is 0.493 e. The van der Waals surface area contributed by atoms with Gasteiger partial charge in [0.1, 0.15) is 0 Å². The van der Waals surface area contributed by atoms with Crippen LogP contribution < -0.4 is 14.2 Å². The van der Waals surface area contributed by atoms with E-state index < -0.39 is 11.2 Å². The Morgan fingerprint density at radius 3 is 2.05 bits per heavy atom. The molecule has 0 unspecified atom stereocenters. The molecule has 0 aromatic heterocycles. The SMILES string of the molecule is COc1cc(/C=C/C(=O)Cl)cc(OC)c1OC(C)=O. The third kappa shape index (κ3) is 4.30. The van der Waals surface area contributed by atoms with E-state index in [0.29, 0.717) is 17.1 Å². The van der Waals surface area contributed by atoms with Crippen LogP contribution >= 0.6 is 11.6 Å². The van der Waals surface area contributed by atoms with Crippen molar-refractivity contribution in [3.63, 3.8) is 0 Å². The second kappa shape index (κ2) is 6.80. The highest BCUT2D eigenvalue weighted by Crippen LogP contribution is 2.39. The van der Waals surface area contributed by atoms with Gasteiger partial charge in [0.2, 0.25) is 11.0 Å². The molecule has 102 valence electrons. The monoisotopic (exact) mass is 284 g/mol. The van der Waals surface area contributed by atoms with Crippen LogP contribution in [0.15, 0.2) is 18.2 Å². The molecule has 0 bridgehead atoms. The van der Waals surface area contributed by atoms with Gasteiger partial charge in [0.15, 0.2) is 11.5 Å². The number of halogens is 1. The molecule has 1 aromatic carbocycles. The van der Waals surface area contributed by atoms with E-state index in [4.69, 9.17) is 25.8 Å². The summed E-state index contributed by atoms with van der Waals surface area (Å²) in [5, 5.41) is -0.595. The minimum absolute atomic E-state index is 0.187. The highest BCUT2D eigenvalue weighted by atomic mass is 35.5. The van der Waals surface area contributed by atoms with E-state index in [0.717, 1.165) is 0 Å². The Hall–Kier alpha value is -2.01. The zero-order chi connectivity index (χ0) is 14.4. The Labute approximate surface area is 115 Å². The Morgan fingerprint density at radius 2 is 1.68 bits per heavy atom. The van der Waals surface area contributed by atoms with E-state index in [1.807, 2.05) is 0 Å². The lowest BCUT2D eigenvalue weighted by Crippen LogP contribution is -2.05. The number of hydrogen-bond acceptors (Lipinski definition) is 5. The van der Waals surface area contributed by atoms with Crippen molar-refractivity contribution < 1.29 is 23.8 Å². The predicted octanol–water partition coefficient (Wildman–Crippen LogP) is 2.41. The molecule has 0 radical (unpaired) electrons. The number of carbonyl (C=O) groups is 2. The van der Waals surface area contributed by atoms with Crippen molar-refractivity contribution >= 4 is 28.9 Å². The van der Waals surface area contributed by atoms with Crippen LogP contribution in [-0.2, 0) is 9.59 Å². The average Bonchev–Trinajstić information content (AvgIpc) is 2.36. The van der Waals surface area contributed by atoms with Gasteiger partial charge >= 0.3 is 5.97 Å². The first kappa shape index (κ1) is 15.0. The molecule has 0 amide bonds. The summed E-state index contributed by atoms with van der Waals surface area (Å²) in [4.78, 5) is 21.7. The summed E-state index contributed by atoms with van der Waals surface area (Å²) in [5.74, 6) is 0.329. The Balaban J connectivity index is 3.26. The normalized spacial score (nSPS) is 10.3. The number of ether oxygens (including phenoxy) is 3. The fourth-order valence-corrected chi connectivity index (χ4v) is 1.47. The molecule has 0 spiro atoms. The summed E-state index contributed by atoms with van der Waals surface area (Å²) in [5.41, 5.74) is 0.624. The van der Waals surface area contributed by atoms with Crippen molar-refractivity contribution in [2.24, 2.45) is 0 Å². The Morgan fingerprint density at radius 1 is 1.16 bits per heavy atom. The van der Waals surface area contributed by atoms with Crippen LogP contribution in [-0.4, -0.2) is 25.4 Å². The number of esters is 1. The quantitative estimate of drug-likeness (QED) is 0.360. The van der Waals surface area contributed by atoms with Gasteiger partial charge in [-0.1, -0.05) is 0 Å². The van der Waals surface area contributed by atoms with Crippen LogP contribution in [0.25, 0.3) is 6.08 Å². The molecular formula is C13H13ClO5. The first-order valence-electron chi connectivity index (χ1n) is 5.30. The van der Waals surface area contributed by atoms with Crippen molar-refractivity contribution in [1.82, 2.24) is 0 Å². The zero-order valence-electron chi connectivity index (χ0n) is 10.7. The molecule has 0 fully saturated rings. The maximum Gasteiger partial charge on any atom is 0.308 e. The first-order valence-corrected chi connectivity index (χ1v) is 5.67. The number of benzene rings is 1. The van der Waals surface area contributed by atoms with Crippen LogP contribution in [0.5, 0.6) is 17.2 Å². The number of rotatable bonds is 5. The van der Waals surface area contributed by atoms with E-state index in [2.05, 4.69) is 0 Å². The van der Waals surface area contributed by atoms with Gasteiger partial charge in [0.05, 0.1) is 14.2 Å². The average molecular weight is 285 g/mol. The van der Waals surface area contributed by atoms with Crippen molar-refractivity contribution in [3.8, 4) is 17.2 Å². The topological polar surface area (TPSA) is 61.8 Å². The van der Waals surface area contributed by atoms with Gasteiger partial charge in [-0.05, 0) is 41.4 Å². The third-order valence-electron chi connectivity index (χ3n) is 2.14. The number of hydrogen-bond donors (Lipinski definition) is 0. The van der Waals surface area contributed by atoms with Crippen LogP contribution in [0.1, 0.15) is 12.5 Å². The van der Waals surface area contributed by atoms with Gasteiger partial charge in [0.25, 0.3) is 0 Å². The minimum atomic E-state index is -0.595. The lowest BCUT2D eigenvalue weighted by atomic mass is 10.1. The maximum atomic E-state index is 11.0. The van der Waals surface area contributed by atoms with Crippen LogP contribution in [0, 0.1) is 0 Å². The molecule has 5 nitrogen and oxygen atoms in total. The van der Waals surface area contributed by atoms with E-state index in [1.54, 1.807) is 12.1 Å². The summed E-state index contributed by atoms with van der Waals surface area (Å²) in [6.45, 7) is 1.28. The van der Waals surface area contributed by atoms with Gasteiger partial charge in [-0.15, -0.1) is 0 Å². The van der Waals surface area contributed by atoms with Crippen LogP contribution in [0.4, 0.5) is 0 Å². The Bertz CT molecular complexity index is 497. The molecule has 0 aliphatic rings. The summed E-state index contributed by atoms with van der Waals surface area (Å²) in [6.07, 6.45) is 2.69. The van der Waals surface area contributed by atoms with Crippen molar-refractivity contribution in [2.75, 3.05) is 14.2 Å². The highest BCUT2D eigenvalue weighted by molar-refractivity contribution is 6.66. The summed E-state index contributed by atoms with van der Waals surface area (Å²) in [7, 11) is 2.87. The number of carbonyl (C=O) groups excluding carboxylic acids is 2. The summed E-state index contributed by atoms with van der Waals surface area (Å²) < 4.78 is 15.3. The maximum absolute atomic E-state index is 11.0. The van der Waals surface area contributed by atoms with Crippen molar-refractivity contribution in [1.29, 1.82) is 0 Å². The standard InChI is InChI=1S/C13H13ClO5/c1-8(15)19-13-10(17-2)6-9(4-5-12(14)16)7-11(13)18-3/h4-7H,1-3H3/b5-4+. The number of allylic oxidation sites excluding steroid dienone is 1. The van der Waals surface area contributed by atoms with E-state index in [1.165, 1.54) is 33.3 Å². The first-order chi connectivity index (χ1) is 8.97. The van der Waals surface area contributed by atoms with Crippen molar-refractivity contribution in [2.45, 2.75) is 6.92 Å². The lowest BCUT2D eigenvalue weighted by Gasteiger charge is -2.13. The Kier molecular flexibility index (Phi) is 5.38. The van der Waals surface area contributed by atoms with Gasteiger partial charge in [-0.2, -0.15) is 0 Å². The van der Waals surface area contributed by atoms with Crippen LogP contribution in [0.2, 0.25) is 0 Å². The second-order valence-electron chi connectivity index (χ2n) is 3.49. The lowest BCUT2D eigenvalue weighted by molar-refractivity contribution is -0.132. The molecule has 0 N–H and O–H groups in total. The number of methoxy groups -OCH3 is 2. The predicted molar refractivity (Wildman–Crippen MR) is 70.7 cm³/mol. The summed E-state index contributed by atoms with van der Waals surface area (Å²) >= 11 is 5.22. The molecule has 0 aliphatic heterocycles.